The number of anilines is 1. The fraction of sp³-hybridized carbons (Fsp3) is 0.462. The van der Waals surface area contributed by atoms with Crippen molar-refractivity contribution >= 4 is 11.7 Å². The van der Waals surface area contributed by atoms with Crippen LogP contribution < -0.4 is 5.32 Å². The molecule has 0 amide bonds. The molecule has 1 aromatic carbocycles. The van der Waals surface area contributed by atoms with Crippen molar-refractivity contribution in [3.63, 3.8) is 0 Å². The molecule has 1 fully saturated rings. The smallest absolute Gasteiger partial charge is 0.340 e. The summed E-state index contributed by atoms with van der Waals surface area (Å²) in [5.74, 6) is -2.57. The van der Waals surface area contributed by atoms with E-state index in [4.69, 9.17) is 0 Å². The quantitative estimate of drug-likeness (QED) is 0.840. The molecular formula is C13H15F2NO2. The van der Waals surface area contributed by atoms with Gasteiger partial charge in [0.25, 0.3) is 0 Å². The predicted octanol–water partition coefficient (Wildman–Crippen LogP) is 2.96. The summed E-state index contributed by atoms with van der Waals surface area (Å²) in [4.78, 5) is 11.2. The highest BCUT2D eigenvalue weighted by Crippen LogP contribution is 2.34. The number of carbonyl (C=O) groups is 1. The Morgan fingerprint density at radius 1 is 1.39 bits per heavy atom. The van der Waals surface area contributed by atoms with Gasteiger partial charge in [0.05, 0.1) is 18.4 Å². The Morgan fingerprint density at radius 3 is 2.61 bits per heavy atom. The van der Waals surface area contributed by atoms with Crippen LogP contribution in [0.3, 0.4) is 0 Å². The van der Waals surface area contributed by atoms with Crippen molar-refractivity contribution in [2.24, 2.45) is 5.92 Å². The van der Waals surface area contributed by atoms with E-state index in [1.165, 1.54) is 12.1 Å². The Balaban J connectivity index is 2.22. The van der Waals surface area contributed by atoms with Crippen molar-refractivity contribution < 1.29 is 18.3 Å². The number of nitrogens with one attached hydrogen (secondary N) is 1. The third kappa shape index (κ3) is 2.44. The van der Waals surface area contributed by atoms with Crippen molar-refractivity contribution in [2.45, 2.75) is 25.8 Å². The second kappa shape index (κ2) is 4.92. The molecule has 1 unspecified atom stereocenters. The number of benzene rings is 1. The minimum Gasteiger partial charge on any atom is -0.465 e. The molecule has 5 heteroatoms. The largest absolute Gasteiger partial charge is 0.465 e. The van der Waals surface area contributed by atoms with Crippen LogP contribution in [0.2, 0.25) is 0 Å². The first kappa shape index (κ1) is 12.8. The lowest BCUT2D eigenvalue weighted by atomic mass is 10.1. The summed E-state index contributed by atoms with van der Waals surface area (Å²) in [5.41, 5.74) is -0.306. The topological polar surface area (TPSA) is 38.3 Å². The maximum atomic E-state index is 13.8. The van der Waals surface area contributed by atoms with E-state index in [0.717, 1.165) is 20.0 Å². The van der Waals surface area contributed by atoms with E-state index < -0.39 is 17.6 Å². The third-order valence-electron chi connectivity index (χ3n) is 3.20. The van der Waals surface area contributed by atoms with Crippen LogP contribution in [0.4, 0.5) is 14.5 Å². The van der Waals surface area contributed by atoms with E-state index in [2.05, 4.69) is 10.1 Å². The van der Waals surface area contributed by atoms with Crippen LogP contribution in [-0.4, -0.2) is 19.1 Å². The maximum absolute atomic E-state index is 13.8. The molecule has 1 aliphatic carbocycles. The van der Waals surface area contributed by atoms with Crippen molar-refractivity contribution in [1.82, 2.24) is 0 Å². The Labute approximate surface area is 104 Å². The summed E-state index contributed by atoms with van der Waals surface area (Å²) in [5, 5.41) is 2.93. The standard InChI is InChI=1S/C13H15F2NO2/c1-7(8-3-4-8)16-10-6-5-9(13(17)18-2)11(14)12(10)15/h5-8,16H,3-4H2,1-2H3. The molecule has 0 heterocycles. The number of hydrogen-bond acceptors (Lipinski definition) is 3. The summed E-state index contributed by atoms with van der Waals surface area (Å²) in [6.07, 6.45) is 2.22. The fourth-order valence-corrected chi connectivity index (χ4v) is 1.89. The summed E-state index contributed by atoms with van der Waals surface area (Å²) in [7, 11) is 1.13. The van der Waals surface area contributed by atoms with Crippen LogP contribution in [0.15, 0.2) is 12.1 Å². The Hall–Kier alpha value is -1.65. The number of hydrogen-bond donors (Lipinski definition) is 1. The van der Waals surface area contributed by atoms with Crippen molar-refractivity contribution in [3.05, 3.63) is 29.3 Å². The molecule has 98 valence electrons. The molecule has 1 aliphatic rings. The molecule has 1 saturated carbocycles. The molecule has 2 rings (SSSR count). The lowest BCUT2D eigenvalue weighted by Crippen LogP contribution is -2.19. The molecule has 1 atom stereocenters. The predicted molar refractivity (Wildman–Crippen MR) is 63.5 cm³/mol. The number of rotatable bonds is 4. The van der Waals surface area contributed by atoms with E-state index in [9.17, 15) is 13.6 Å². The highest BCUT2D eigenvalue weighted by molar-refractivity contribution is 5.90. The maximum Gasteiger partial charge on any atom is 0.340 e. The zero-order valence-electron chi connectivity index (χ0n) is 10.3. The van der Waals surface area contributed by atoms with Gasteiger partial charge in [-0.25, -0.2) is 13.6 Å². The molecule has 1 aromatic rings. The Kier molecular flexibility index (Phi) is 3.50. The molecule has 3 nitrogen and oxygen atoms in total. The van der Waals surface area contributed by atoms with Gasteiger partial charge >= 0.3 is 5.97 Å². The summed E-state index contributed by atoms with van der Waals surface area (Å²) in [6.45, 7) is 1.93. The SMILES string of the molecule is COC(=O)c1ccc(NC(C)C2CC2)c(F)c1F. The van der Waals surface area contributed by atoms with Gasteiger partial charge in [0.1, 0.15) is 0 Å². The molecule has 1 N–H and O–H groups in total. The average molecular weight is 255 g/mol. The minimum atomic E-state index is -1.17. The first-order valence-corrected chi connectivity index (χ1v) is 5.87. The normalized spacial score (nSPS) is 16.2. The van der Waals surface area contributed by atoms with Crippen molar-refractivity contribution in [2.75, 3.05) is 12.4 Å². The summed E-state index contributed by atoms with van der Waals surface area (Å²) >= 11 is 0. The Bertz CT molecular complexity index is 472. The van der Waals surface area contributed by atoms with Gasteiger partial charge in [-0.3, -0.25) is 0 Å². The first-order chi connectivity index (χ1) is 8.54. The third-order valence-corrected chi connectivity index (χ3v) is 3.20. The number of halogens is 2. The number of carbonyl (C=O) groups excluding carboxylic acids is 1. The van der Waals surface area contributed by atoms with Crippen LogP contribution in [0.25, 0.3) is 0 Å². The molecule has 18 heavy (non-hydrogen) atoms. The van der Waals surface area contributed by atoms with Gasteiger partial charge in [-0.05, 0) is 37.8 Å². The highest BCUT2D eigenvalue weighted by Gasteiger charge is 2.29. The fourth-order valence-electron chi connectivity index (χ4n) is 1.89. The van der Waals surface area contributed by atoms with Crippen LogP contribution in [0.1, 0.15) is 30.1 Å². The van der Waals surface area contributed by atoms with E-state index >= 15 is 0 Å². The zero-order chi connectivity index (χ0) is 13.3. The van der Waals surface area contributed by atoms with Crippen LogP contribution in [0.5, 0.6) is 0 Å². The van der Waals surface area contributed by atoms with Crippen LogP contribution in [0, 0.1) is 17.6 Å². The van der Waals surface area contributed by atoms with Crippen LogP contribution in [-0.2, 0) is 4.74 Å². The van der Waals surface area contributed by atoms with Gasteiger partial charge in [0, 0.05) is 6.04 Å². The molecule has 0 saturated heterocycles. The molecular weight excluding hydrogens is 240 g/mol. The van der Waals surface area contributed by atoms with Gasteiger partial charge in [-0.2, -0.15) is 0 Å². The lowest BCUT2D eigenvalue weighted by molar-refractivity contribution is 0.0594. The lowest BCUT2D eigenvalue weighted by Gasteiger charge is -2.15. The first-order valence-electron chi connectivity index (χ1n) is 5.87. The van der Waals surface area contributed by atoms with Gasteiger partial charge in [-0.1, -0.05) is 0 Å². The van der Waals surface area contributed by atoms with Gasteiger partial charge < -0.3 is 10.1 Å². The molecule has 0 aromatic heterocycles. The number of methoxy groups -OCH3 is 1. The van der Waals surface area contributed by atoms with Gasteiger partial charge in [0.2, 0.25) is 0 Å². The minimum absolute atomic E-state index is 0.0829. The molecule has 0 bridgehead atoms. The highest BCUT2D eigenvalue weighted by atomic mass is 19.2. The Morgan fingerprint density at radius 2 is 2.06 bits per heavy atom. The summed E-state index contributed by atoms with van der Waals surface area (Å²) in [6, 6.07) is 2.69. The van der Waals surface area contributed by atoms with Crippen molar-refractivity contribution in [3.8, 4) is 0 Å². The van der Waals surface area contributed by atoms with E-state index in [1.54, 1.807) is 0 Å². The molecule has 0 spiro atoms. The van der Waals surface area contributed by atoms with Gasteiger partial charge in [-0.15, -0.1) is 0 Å². The van der Waals surface area contributed by atoms with E-state index in [0.29, 0.717) is 5.92 Å². The molecule has 0 aliphatic heterocycles. The van der Waals surface area contributed by atoms with E-state index in [-0.39, 0.29) is 17.3 Å². The second-order valence-electron chi connectivity index (χ2n) is 4.55. The zero-order valence-corrected chi connectivity index (χ0v) is 10.3. The van der Waals surface area contributed by atoms with E-state index in [1.807, 2.05) is 6.92 Å². The number of esters is 1. The number of ether oxygens (including phenoxy) is 1. The van der Waals surface area contributed by atoms with Crippen molar-refractivity contribution in [1.29, 1.82) is 0 Å². The summed E-state index contributed by atoms with van der Waals surface area (Å²) < 4.78 is 31.8. The van der Waals surface area contributed by atoms with Crippen LogP contribution >= 0.6 is 0 Å². The monoisotopic (exact) mass is 255 g/mol. The van der Waals surface area contributed by atoms with Gasteiger partial charge in [0.15, 0.2) is 11.6 Å². The average Bonchev–Trinajstić information content (AvgIpc) is 3.18. The second-order valence-corrected chi connectivity index (χ2v) is 4.55. The molecule has 0 radical (unpaired) electrons.